The molecule has 1 N–H and O–H groups in total. The predicted molar refractivity (Wildman–Crippen MR) is 66.0 cm³/mol. The molecule has 17 heavy (non-hydrogen) atoms. The summed E-state index contributed by atoms with van der Waals surface area (Å²) in [5.41, 5.74) is 2.71. The van der Waals surface area contributed by atoms with E-state index in [1.54, 1.807) is 0 Å². The Balaban J connectivity index is 1.63. The highest BCUT2D eigenvalue weighted by Crippen LogP contribution is 2.27. The van der Waals surface area contributed by atoms with Crippen molar-refractivity contribution in [2.24, 2.45) is 5.92 Å². The number of fused-ring (bicyclic) bond motifs is 1. The monoisotopic (exact) mass is 233 g/mol. The van der Waals surface area contributed by atoms with Crippen molar-refractivity contribution in [3.8, 4) is 5.75 Å². The molecule has 0 aliphatic carbocycles. The minimum absolute atomic E-state index is 0.564. The molecule has 2 heterocycles. The van der Waals surface area contributed by atoms with Gasteiger partial charge in [0, 0.05) is 31.2 Å². The Morgan fingerprint density at radius 1 is 1.35 bits per heavy atom. The Hall–Kier alpha value is -1.06. The number of nitrogens with one attached hydrogen (secondary N) is 1. The highest BCUT2D eigenvalue weighted by molar-refractivity contribution is 5.42. The molecule has 1 saturated heterocycles. The molecule has 0 radical (unpaired) electrons. The summed E-state index contributed by atoms with van der Waals surface area (Å²) in [5, 5.41) is 3.36. The van der Waals surface area contributed by atoms with Crippen LogP contribution < -0.4 is 10.1 Å². The second kappa shape index (κ2) is 5.07. The number of hydrogen-bond acceptors (Lipinski definition) is 3. The molecular weight excluding hydrogens is 214 g/mol. The lowest BCUT2D eigenvalue weighted by Crippen LogP contribution is -2.23. The van der Waals surface area contributed by atoms with Crippen LogP contribution in [0.1, 0.15) is 24.0 Å². The minimum Gasteiger partial charge on any atom is -0.493 e. The summed E-state index contributed by atoms with van der Waals surface area (Å²) >= 11 is 0. The van der Waals surface area contributed by atoms with Gasteiger partial charge in [-0.05, 0) is 24.5 Å². The Morgan fingerprint density at radius 2 is 2.35 bits per heavy atom. The third-order valence-corrected chi connectivity index (χ3v) is 3.58. The van der Waals surface area contributed by atoms with Crippen LogP contribution in [0.4, 0.5) is 0 Å². The fourth-order valence-electron chi connectivity index (χ4n) is 2.58. The van der Waals surface area contributed by atoms with E-state index in [1.807, 2.05) is 0 Å². The van der Waals surface area contributed by atoms with E-state index in [-0.39, 0.29) is 0 Å². The maximum absolute atomic E-state index is 5.97. The van der Waals surface area contributed by atoms with Gasteiger partial charge in [-0.25, -0.2) is 0 Å². The molecule has 1 aromatic rings. The average Bonchev–Trinajstić information content (AvgIpc) is 2.86. The van der Waals surface area contributed by atoms with Crippen molar-refractivity contribution in [1.82, 2.24) is 5.32 Å². The van der Waals surface area contributed by atoms with Crippen molar-refractivity contribution in [3.63, 3.8) is 0 Å². The maximum Gasteiger partial charge on any atom is 0.124 e. The first-order valence-corrected chi connectivity index (χ1v) is 6.45. The van der Waals surface area contributed by atoms with Crippen molar-refractivity contribution in [1.29, 1.82) is 0 Å². The van der Waals surface area contributed by atoms with Gasteiger partial charge in [-0.15, -0.1) is 0 Å². The van der Waals surface area contributed by atoms with Crippen LogP contribution in [0.15, 0.2) is 18.2 Å². The van der Waals surface area contributed by atoms with Gasteiger partial charge in [0.2, 0.25) is 0 Å². The fourth-order valence-corrected chi connectivity index (χ4v) is 2.58. The molecule has 1 unspecified atom stereocenters. The maximum atomic E-state index is 5.97. The van der Waals surface area contributed by atoms with Gasteiger partial charge >= 0.3 is 0 Å². The first kappa shape index (κ1) is 11.1. The van der Waals surface area contributed by atoms with E-state index >= 15 is 0 Å². The summed E-state index contributed by atoms with van der Waals surface area (Å²) in [6, 6.07) is 6.33. The summed E-state index contributed by atoms with van der Waals surface area (Å²) in [6.07, 6.45) is 2.40. The average molecular weight is 233 g/mol. The molecule has 3 rings (SSSR count). The van der Waals surface area contributed by atoms with Crippen LogP contribution in [0.2, 0.25) is 0 Å². The largest absolute Gasteiger partial charge is 0.493 e. The van der Waals surface area contributed by atoms with E-state index in [1.165, 1.54) is 24.0 Å². The zero-order valence-electron chi connectivity index (χ0n) is 10.1. The minimum atomic E-state index is 0.564. The molecule has 92 valence electrons. The standard InChI is InChI=1S/C14H19NO2/c1-4-12-7-15-8-13(12)14(5-1)17-10-11-3-2-6-16-9-11/h1,4-5,11,15H,2-3,6-10H2. The van der Waals surface area contributed by atoms with Crippen molar-refractivity contribution >= 4 is 0 Å². The molecule has 0 saturated carbocycles. The molecule has 1 atom stereocenters. The van der Waals surface area contributed by atoms with E-state index in [9.17, 15) is 0 Å². The third kappa shape index (κ3) is 2.45. The summed E-state index contributed by atoms with van der Waals surface area (Å²) in [4.78, 5) is 0. The fraction of sp³-hybridized carbons (Fsp3) is 0.571. The Kier molecular flexibility index (Phi) is 3.29. The van der Waals surface area contributed by atoms with E-state index < -0.39 is 0 Å². The molecule has 3 nitrogen and oxygen atoms in total. The van der Waals surface area contributed by atoms with Crippen LogP contribution in [0.25, 0.3) is 0 Å². The lowest BCUT2D eigenvalue weighted by atomic mass is 10.0. The van der Waals surface area contributed by atoms with Gasteiger partial charge < -0.3 is 14.8 Å². The summed E-state index contributed by atoms with van der Waals surface area (Å²) < 4.78 is 11.4. The van der Waals surface area contributed by atoms with Crippen molar-refractivity contribution < 1.29 is 9.47 Å². The summed E-state index contributed by atoms with van der Waals surface area (Å²) in [5.74, 6) is 1.62. The van der Waals surface area contributed by atoms with E-state index in [0.717, 1.165) is 38.7 Å². The van der Waals surface area contributed by atoms with Crippen molar-refractivity contribution in [2.75, 3.05) is 19.8 Å². The van der Waals surface area contributed by atoms with Crippen LogP contribution in [0.3, 0.4) is 0 Å². The summed E-state index contributed by atoms with van der Waals surface area (Å²) in [6.45, 7) is 4.47. The van der Waals surface area contributed by atoms with Gasteiger partial charge in [0.15, 0.2) is 0 Å². The van der Waals surface area contributed by atoms with Crippen LogP contribution in [0, 0.1) is 5.92 Å². The van der Waals surface area contributed by atoms with Gasteiger partial charge in [0.25, 0.3) is 0 Å². The van der Waals surface area contributed by atoms with Crippen LogP contribution in [-0.2, 0) is 17.8 Å². The predicted octanol–water partition coefficient (Wildman–Crippen LogP) is 2.10. The molecule has 3 heteroatoms. The molecule has 0 spiro atoms. The highest BCUT2D eigenvalue weighted by atomic mass is 16.5. The molecule has 0 aromatic heterocycles. The van der Waals surface area contributed by atoms with Gasteiger partial charge in [-0.3, -0.25) is 0 Å². The van der Waals surface area contributed by atoms with Crippen LogP contribution in [-0.4, -0.2) is 19.8 Å². The third-order valence-electron chi connectivity index (χ3n) is 3.58. The zero-order valence-corrected chi connectivity index (χ0v) is 10.1. The number of benzene rings is 1. The Morgan fingerprint density at radius 3 is 3.24 bits per heavy atom. The van der Waals surface area contributed by atoms with Crippen LogP contribution in [0.5, 0.6) is 5.75 Å². The first-order valence-electron chi connectivity index (χ1n) is 6.45. The SMILES string of the molecule is c1cc2c(c(OCC3CCCOC3)c1)CNC2. The second-order valence-corrected chi connectivity index (χ2v) is 4.89. The van der Waals surface area contributed by atoms with Gasteiger partial charge in [0.05, 0.1) is 13.2 Å². The van der Waals surface area contributed by atoms with Gasteiger partial charge in [-0.1, -0.05) is 12.1 Å². The lowest BCUT2D eigenvalue weighted by Gasteiger charge is -2.22. The lowest BCUT2D eigenvalue weighted by molar-refractivity contribution is 0.0350. The van der Waals surface area contributed by atoms with Gasteiger partial charge in [0.1, 0.15) is 5.75 Å². The Bertz CT molecular complexity index is 386. The van der Waals surface area contributed by atoms with Crippen molar-refractivity contribution in [2.45, 2.75) is 25.9 Å². The van der Waals surface area contributed by atoms with Gasteiger partial charge in [-0.2, -0.15) is 0 Å². The normalized spacial score (nSPS) is 23.4. The molecular formula is C14H19NO2. The summed E-state index contributed by atoms with van der Waals surface area (Å²) in [7, 11) is 0. The molecule has 1 fully saturated rings. The molecule has 0 amide bonds. The first-order chi connectivity index (χ1) is 8.43. The number of hydrogen-bond donors (Lipinski definition) is 1. The molecule has 1 aromatic carbocycles. The molecule has 2 aliphatic rings. The zero-order chi connectivity index (χ0) is 11.5. The smallest absolute Gasteiger partial charge is 0.124 e. The van der Waals surface area contributed by atoms with E-state index in [0.29, 0.717) is 5.92 Å². The van der Waals surface area contributed by atoms with Crippen molar-refractivity contribution in [3.05, 3.63) is 29.3 Å². The molecule has 2 aliphatic heterocycles. The Labute approximate surface area is 102 Å². The van der Waals surface area contributed by atoms with E-state index in [2.05, 4.69) is 23.5 Å². The van der Waals surface area contributed by atoms with E-state index in [4.69, 9.17) is 9.47 Å². The highest BCUT2D eigenvalue weighted by Gasteiger charge is 2.18. The second-order valence-electron chi connectivity index (χ2n) is 4.89. The number of ether oxygens (including phenoxy) is 2. The quantitative estimate of drug-likeness (QED) is 0.867. The number of rotatable bonds is 3. The van der Waals surface area contributed by atoms with Crippen LogP contribution >= 0.6 is 0 Å². The topological polar surface area (TPSA) is 30.5 Å². The molecule has 0 bridgehead atoms.